The molecule has 0 bridgehead atoms. The van der Waals surface area contributed by atoms with E-state index in [1.807, 2.05) is 19.9 Å². The molecule has 2 rings (SSSR count). The lowest BCUT2D eigenvalue weighted by Gasteiger charge is -2.34. The topological polar surface area (TPSA) is 69.1 Å². The molecular formula is C17H31N3O3. The summed E-state index contributed by atoms with van der Waals surface area (Å²) >= 11 is 0. The lowest BCUT2D eigenvalue weighted by molar-refractivity contribution is 0.108. The maximum atomic E-state index is 8.94. The van der Waals surface area contributed by atoms with E-state index in [0.29, 0.717) is 12.5 Å². The van der Waals surface area contributed by atoms with Crippen LogP contribution in [0.1, 0.15) is 25.8 Å². The average Bonchev–Trinajstić information content (AvgIpc) is 2.62. The van der Waals surface area contributed by atoms with Crippen molar-refractivity contribution in [3.8, 4) is 5.88 Å². The predicted octanol–water partition coefficient (Wildman–Crippen LogP) is 0.979. The highest BCUT2D eigenvalue weighted by atomic mass is 16.5. The van der Waals surface area contributed by atoms with E-state index in [4.69, 9.17) is 14.9 Å². The summed E-state index contributed by atoms with van der Waals surface area (Å²) in [6, 6.07) is 3.61. The minimum Gasteiger partial charge on any atom is -0.478 e. The average molecular weight is 325 g/mol. The van der Waals surface area contributed by atoms with Gasteiger partial charge in [0, 0.05) is 51.5 Å². The summed E-state index contributed by atoms with van der Waals surface area (Å²) in [5.74, 6) is 0.611. The quantitative estimate of drug-likeness (QED) is 0.695. The first-order chi connectivity index (χ1) is 11.3. The van der Waals surface area contributed by atoms with Crippen molar-refractivity contribution in [2.45, 2.75) is 26.9 Å². The van der Waals surface area contributed by atoms with Gasteiger partial charge in [0.05, 0.1) is 19.8 Å². The molecule has 1 aliphatic rings. The van der Waals surface area contributed by atoms with Gasteiger partial charge < -0.3 is 19.8 Å². The second-order valence-corrected chi connectivity index (χ2v) is 5.27. The van der Waals surface area contributed by atoms with Gasteiger partial charge >= 0.3 is 0 Å². The molecule has 0 atom stereocenters. The van der Waals surface area contributed by atoms with E-state index in [1.165, 1.54) is 0 Å². The smallest absolute Gasteiger partial charge is 0.213 e. The van der Waals surface area contributed by atoms with Crippen molar-refractivity contribution in [2.75, 3.05) is 52.5 Å². The Bertz CT molecular complexity index is 393. The number of piperazine rings is 1. The third-order valence-corrected chi connectivity index (χ3v) is 3.73. The van der Waals surface area contributed by atoms with Crippen molar-refractivity contribution >= 4 is 0 Å². The SMILES string of the molecule is CC.OCCN1CCN(CCCOc2ccc(CO)cn2)CC1. The van der Waals surface area contributed by atoms with E-state index in [0.717, 1.165) is 51.3 Å². The molecule has 1 aromatic rings. The molecule has 0 radical (unpaired) electrons. The number of aliphatic hydroxyl groups excluding tert-OH is 2. The van der Waals surface area contributed by atoms with Gasteiger partial charge in [-0.2, -0.15) is 0 Å². The summed E-state index contributed by atoms with van der Waals surface area (Å²) in [5.41, 5.74) is 0.795. The van der Waals surface area contributed by atoms with Gasteiger partial charge in [-0.3, -0.25) is 4.90 Å². The van der Waals surface area contributed by atoms with Crippen LogP contribution in [0.3, 0.4) is 0 Å². The number of nitrogens with zero attached hydrogens (tertiary/aromatic N) is 3. The minimum absolute atomic E-state index is 0.00946. The number of hydrogen-bond acceptors (Lipinski definition) is 6. The van der Waals surface area contributed by atoms with E-state index in [9.17, 15) is 0 Å². The minimum atomic E-state index is 0.00946. The molecule has 0 aliphatic carbocycles. The molecule has 1 aromatic heterocycles. The number of aliphatic hydroxyl groups is 2. The molecule has 1 saturated heterocycles. The Labute approximate surface area is 139 Å². The zero-order chi connectivity index (χ0) is 16.9. The standard InChI is InChI=1S/C15H25N3O3.C2H6/c19-10-9-18-7-5-17(6-8-18)4-1-11-21-15-3-2-14(13-20)12-16-15;1-2/h2-3,12,19-20H,1,4-11,13H2;1-2H3. The Kier molecular flexibility index (Phi) is 10.6. The van der Waals surface area contributed by atoms with Gasteiger partial charge in [-0.05, 0) is 18.1 Å². The molecule has 132 valence electrons. The van der Waals surface area contributed by atoms with E-state index < -0.39 is 0 Å². The van der Waals surface area contributed by atoms with Crippen molar-refractivity contribution in [1.29, 1.82) is 0 Å². The first-order valence-corrected chi connectivity index (χ1v) is 8.56. The largest absolute Gasteiger partial charge is 0.478 e. The van der Waals surface area contributed by atoms with Gasteiger partial charge in [-0.15, -0.1) is 0 Å². The molecule has 2 heterocycles. The third kappa shape index (κ3) is 7.74. The van der Waals surface area contributed by atoms with Crippen LogP contribution >= 0.6 is 0 Å². The Morgan fingerprint density at radius 2 is 1.70 bits per heavy atom. The van der Waals surface area contributed by atoms with Gasteiger partial charge in [0.1, 0.15) is 0 Å². The molecule has 1 aliphatic heterocycles. The van der Waals surface area contributed by atoms with Crippen molar-refractivity contribution in [1.82, 2.24) is 14.8 Å². The Hall–Kier alpha value is -1.21. The molecule has 0 spiro atoms. The van der Waals surface area contributed by atoms with Crippen molar-refractivity contribution < 1.29 is 14.9 Å². The monoisotopic (exact) mass is 325 g/mol. The fourth-order valence-corrected chi connectivity index (χ4v) is 2.43. The Morgan fingerprint density at radius 1 is 1.04 bits per heavy atom. The zero-order valence-electron chi connectivity index (χ0n) is 14.4. The summed E-state index contributed by atoms with van der Waals surface area (Å²) in [6.07, 6.45) is 2.61. The zero-order valence-corrected chi connectivity index (χ0v) is 14.4. The van der Waals surface area contributed by atoms with Gasteiger partial charge in [0.25, 0.3) is 0 Å². The van der Waals surface area contributed by atoms with Gasteiger partial charge in [-0.25, -0.2) is 4.98 Å². The highest BCUT2D eigenvalue weighted by Gasteiger charge is 2.15. The molecule has 6 nitrogen and oxygen atoms in total. The van der Waals surface area contributed by atoms with Gasteiger partial charge in [0.2, 0.25) is 5.88 Å². The number of β-amino-alcohol motifs (C(OH)–C–C–N with tert-alkyl or cyclic N) is 1. The third-order valence-electron chi connectivity index (χ3n) is 3.73. The summed E-state index contributed by atoms with van der Waals surface area (Å²) in [5, 5.41) is 17.8. The molecule has 1 fully saturated rings. The highest BCUT2D eigenvalue weighted by Crippen LogP contribution is 2.08. The predicted molar refractivity (Wildman–Crippen MR) is 91.6 cm³/mol. The van der Waals surface area contributed by atoms with Crippen LogP contribution in [0.15, 0.2) is 18.3 Å². The Morgan fingerprint density at radius 3 is 2.22 bits per heavy atom. The van der Waals surface area contributed by atoms with Gasteiger partial charge in [-0.1, -0.05) is 13.8 Å². The number of ether oxygens (including phenoxy) is 1. The van der Waals surface area contributed by atoms with Crippen LogP contribution in [-0.2, 0) is 6.61 Å². The van der Waals surface area contributed by atoms with Crippen LogP contribution in [0.4, 0.5) is 0 Å². The first-order valence-electron chi connectivity index (χ1n) is 8.56. The summed E-state index contributed by atoms with van der Waals surface area (Å²) in [7, 11) is 0. The highest BCUT2D eigenvalue weighted by molar-refractivity contribution is 5.16. The van der Waals surface area contributed by atoms with Crippen molar-refractivity contribution in [3.05, 3.63) is 23.9 Å². The molecule has 0 amide bonds. The van der Waals surface area contributed by atoms with Crippen LogP contribution in [0.25, 0.3) is 0 Å². The lowest BCUT2D eigenvalue weighted by Crippen LogP contribution is -2.47. The number of aromatic nitrogens is 1. The van der Waals surface area contributed by atoms with Crippen LogP contribution in [0.2, 0.25) is 0 Å². The fourth-order valence-electron chi connectivity index (χ4n) is 2.43. The van der Waals surface area contributed by atoms with E-state index >= 15 is 0 Å². The van der Waals surface area contributed by atoms with Crippen molar-refractivity contribution in [2.24, 2.45) is 0 Å². The summed E-state index contributed by atoms with van der Waals surface area (Å²) in [4.78, 5) is 8.86. The van der Waals surface area contributed by atoms with E-state index in [1.54, 1.807) is 12.3 Å². The Balaban J connectivity index is 0.00000127. The summed E-state index contributed by atoms with van der Waals surface area (Å²) in [6.45, 7) is 10.9. The van der Waals surface area contributed by atoms with Crippen LogP contribution in [0, 0.1) is 0 Å². The van der Waals surface area contributed by atoms with E-state index in [2.05, 4.69) is 14.8 Å². The second kappa shape index (κ2) is 12.2. The normalized spacial score (nSPS) is 15.8. The maximum absolute atomic E-state index is 8.94. The molecule has 0 saturated carbocycles. The fraction of sp³-hybridized carbons (Fsp3) is 0.706. The van der Waals surface area contributed by atoms with Crippen LogP contribution < -0.4 is 4.74 Å². The van der Waals surface area contributed by atoms with Crippen LogP contribution in [0.5, 0.6) is 5.88 Å². The van der Waals surface area contributed by atoms with Crippen LogP contribution in [-0.4, -0.2) is 77.5 Å². The van der Waals surface area contributed by atoms with Crippen molar-refractivity contribution in [3.63, 3.8) is 0 Å². The molecule has 23 heavy (non-hydrogen) atoms. The maximum Gasteiger partial charge on any atom is 0.213 e. The molecule has 0 unspecified atom stereocenters. The lowest BCUT2D eigenvalue weighted by atomic mass is 10.3. The first kappa shape index (κ1) is 19.8. The summed E-state index contributed by atoms with van der Waals surface area (Å²) < 4.78 is 5.59. The number of pyridine rings is 1. The number of rotatable bonds is 8. The van der Waals surface area contributed by atoms with E-state index in [-0.39, 0.29) is 13.2 Å². The second-order valence-electron chi connectivity index (χ2n) is 5.27. The molecule has 2 N–H and O–H groups in total. The molecule has 6 heteroatoms. The number of hydrogen-bond donors (Lipinski definition) is 2. The molecule has 0 aromatic carbocycles. The molecular weight excluding hydrogens is 294 g/mol. The van der Waals surface area contributed by atoms with Gasteiger partial charge in [0.15, 0.2) is 0 Å².